The third-order valence-electron chi connectivity index (χ3n) is 3.42. The van der Waals surface area contributed by atoms with Crippen LogP contribution in [0.25, 0.3) is 0 Å². The van der Waals surface area contributed by atoms with Crippen LogP contribution in [0.5, 0.6) is 5.75 Å². The van der Waals surface area contributed by atoms with Gasteiger partial charge in [0.05, 0.1) is 11.8 Å². The smallest absolute Gasteiger partial charge is 0.294 e. The number of carbonyl (C=O) groups is 1. The highest BCUT2D eigenvalue weighted by atomic mass is 16.5. The molecule has 1 aliphatic rings. The van der Waals surface area contributed by atoms with Crippen LogP contribution in [0.2, 0.25) is 0 Å². The van der Waals surface area contributed by atoms with Crippen LogP contribution < -0.4 is 10.1 Å². The maximum Gasteiger partial charge on any atom is 0.294 e. The van der Waals surface area contributed by atoms with Gasteiger partial charge in [-0.2, -0.15) is 0 Å². The second-order valence-corrected chi connectivity index (χ2v) is 5.26. The summed E-state index contributed by atoms with van der Waals surface area (Å²) in [5.74, 6) is 0.619. The Hall–Kier alpha value is -2.34. The lowest BCUT2D eigenvalue weighted by Crippen LogP contribution is -2.16. The standard InChI is InChI=1S/C16H18N2O4/c1-11-9-15(22-18-11)16(19)17-12-4-6-13(7-5-12)21-10-14-3-2-8-20-14/h4-7,9,14H,2-3,8,10H2,1H3,(H,17,19). The zero-order valence-electron chi connectivity index (χ0n) is 12.4. The van der Waals surface area contributed by atoms with E-state index in [1.165, 1.54) is 0 Å². The van der Waals surface area contributed by atoms with E-state index >= 15 is 0 Å². The predicted octanol–water partition coefficient (Wildman–Crippen LogP) is 2.79. The van der Waals surface area contributed by atoms with E-state index in [0.29, 0.717) is 18.0 Å². The molecule has 1 atom stereocenters. The summed E-state index contributed by atoms with van der Waals surface area (Å²) >= 11 is 0. The van der Waals surface area contributed by atoms with Crippen LogP contribution in [-0.2, 0) is 4.74 Å². The Bertz CT molecular complexity index is 630. The minimum absolute atomic E-state index is 0.189. The Morgan fingerprint density at radius 3 is 2.86 bits per heavy atom. The molecule has 1 fully saturated rings. The highest BCUT2D eigenvalue weighted by Crippen LogP contribution is 2.19. The van der Waals surface area contributed by atoms with Crippen LogP contribution in [-0.4, -0.2) is 30.4 Å². The molecular formula is C16H18N2O4. The summed E-state index contributed by atoms with van der Waals surface area (Å²) in [7, 11) is 0. The number of amides is 1. The van der Waals surface area contributed by atoms with E-state index in [4.69, 9.17) is 14.0 Å². The molecule has 1 saturated heterocycles. The Labute approximate surface area is 128 Å². The molecule has 116 valence electrons. The number of aryl methyl sites for hydroxylation is 1. The Morgan fingerprint density at radius 2 is 2.23 bits per heavy atom. The number of nitrogens with one attached hydrogen (secondary N) is 1. The van der Waals surface area contributed by atoms with Crippen molar-refractivity contribution in [1.29, 1.82) is 0 Å². The Morgan fingerprint density at radius 1 is 1.41 bits per heavy atom. The van der Waals surface area contributed by atoms with E-state index in [9.17, 15) is 4.79 Å². The second-order valence-electron chi connectivity index (χ2n) is 5.26. The fourth-order valence-corrected chi connectivity index (χ4v) is 2.26. The molecular weight excluding hydrogens is 284 g/mol. The van der Waals surface area contributed by atoms with E-state index in [0.717, 1.165) is 25.2 Å². The molecule has 3 rings (SSSR count). The van der Waals surface area contributed by atoms with Gasteiger partial charge in [0.2, 0.25) is 5.76 Å². The summed E-state index contributed by atoms with van der Waals surface area (Å²) in [6.07, 6.45) is 2.33. The van der Waals surface area contributed by atoms with Crippen LogP contribution in [0.3, 0.4) is 0 Å². The number of ether oxygens (including phenoxy) is 2. The van der Waals surface area contributed by atoms with Crippen molar-refractivity contribution < 1.29 is 18.8 Å². The summed E-state index contributed by atoms with van der Waals surface area (Å²) < 4.78 is 16.1. The minimum Gasteiger partial charge on any atom is -0.491 e. The molecule has 1 aromatic carbocycles. The molecule has 6 nitrogen and oxygen atoms in total. The molecule has 1 aromatic heterocycles. The van der Waals surface area contributed by atoms with Crippen LogP contribution in [0.4, 0.5) is 5.69 Å². The van der Waals surface area contributed by atoms with Crippen molar-refractivity contribution in [1.82, 2.24) is 5.16 Å². The van der Waals surface area contributed by atoms with Crippen LogP contribution in [0, 0.1) is 6.92 Å². The van der Waals surface area contributed by atoms with Crippen LogP contribution in [0.15, 0.2) is 34.9 Å². The molecule has 0 aliphatic carbocycles. The lowest BCUT2D eigenvalue weighted by molar-refractivity contribution is 0.0679. The topological polar surface area (TPSA) is 73.6 Å². The number of anilines is 1. The van der Waals surface area contributed by atoms with E-state index in [1.807, 2.05) is 12.1 Å². The first-order valence-electron chi connectivity index (χ1n) is 7.30. The lowest BCUT2D eigenvalue weighted by atomic mass is 10.2. The maximum atomic E-state index is 11.9. The van der Waals surface area contributed by atoms with Gasteiger partial charge < -0.3 is 19.3 Å². The fourth-order valence-electron chi connectivity index (χ4n) is 2.26. The van der Waals surface area contributed by atoms with Crippen molar-refractivity contribution in [2.24, 2.45) is 0 Å². The summed E-state index contributed by atoms with van der Waals surface area (Å²) in [6, 6.07) is 8.79. The number of aromatic nitrogens is 1. The van der Waals surface area contributed by atoms with E-state index in [1.54, 1.807) is 25.1 Å². The summed E-state index contributed by atoms with van der Waals surface area (Å²) in [5, 5.41) is 6.43. The molecule has 0 radical (unpaired) electrons. The van der Waals surface area contributed by atoms with Crippen molar-refractivity contribution in [3.8, 4) is 5.75 Å². The van der Waals surface area contributed by atoms with Gasteiger partial charge in [0, 0.05) is 18.4 Å². The molecule has 1 N–H and O–H groups in total. The molecule has 6 heteroatoms. The summed E-state index contributed by atoms with van der Waals surface area (Å²) in [5.41, 5.74) is 1.34. The molecule has 0 saturated carbocycles. The molecule has 0 spiro atoms. The minimum atomic E-state index is -0.325. The van der Waals surface area contributed by atoms with Gasteiger partial charge in [0.1, 0.15) is 12.4 Å². The van der Waals surface area contributed by atoms with E-state index in [-0.39, 0.29) is 17.8 Å². The predicted molar refractivity (Wildman–Crippen MR) is 80.1 cm³/mol. The Balaban J connectivity index is 1.53. The number of benzene rings is 1. The van der Waals surface area contributed by atoms with Crippen molar-refractivity contribution in [3.63, 3.8) is 0 Å². The van der Waals surface area contributed by atoms with E-state index in [2.05, 4.69) is 10.5 Å². The molecule has 2 heterocycles. The highest BCUT2D eigenvalue weighted by molar-refractivity contribution is 6.02. The van der Waals surface area contributed by atoms with Gasteiger partial charge in [0.25, 0.3) is 5.91 Å². The SMILES string of the molecule is Cc1cc(C(=O)Nc2ccc(OCC3CCCO3)cc2)on1. The van der Waals surface area contributed by atoms with E-state index < -0.39 is 0 Å². The van der Waals surface area contributed by atoms with Gasteiger partial charge in [-0.05, 0) is 44.0 Å². The lowest BCUT2D eigenvalue weighted by Gasteiger charge is -2.11. The molecule has 1 unspecified atom stereocenters. The van der Waals surface area contributed by atoms with Crippen molar-refractivity contribution in [2.45, 2.75) is 25.9 Å². The first-order chi connectivity index (χ1) is 10.7. The summed E-state index contributed by atoms with van der Waals surface area (Å²) in [4.78, 5) is 11.9. The number of rotatable bonds is 5. The van der Waals surface area contributed by atoms with Gasteiger partial charge in [-0.3, -0.25) is 4.79 Å². The van der Waals surface area contributed by atoms with Gasteiger partial charge in [-0.25, -0.2) is 0 Å². The number of hydrogen-bond donors (Lipinski definition) is 1. The largest absolute Gasteiger partial charge is 0.491 e. The maximum absolute atomic E-state index is 11.9. The molecule has 2 aromatic rings. The quantitative estimate of drug-likeness (QED) is 0.919. The first kappa shape index (κ1) is 14.6. The van der Waals surface area contributed by atoms with Gasteiger partial charge >= 0.3 is 0 Å². The third-order valence-corrected chi connectivity index (χ3v) is 3.42. The molecule has 0 bridgehead atoms. The monoisotopic (exact) mass is 302 g/mol. The van der Waals surface area contributed by atoms with Crippen LogP contribution >= 0.6 is 0 Å². The van der Waals surface area contributed by atoms with Crippen molar-refractivity contribution in [3.05, 3.63) is 41.8 Å². The average Bonchev–Trinajstić information content (AvgIpc) is 3.18. The third kappa shape index (κ3) is 3.65. The van der Waals surface area contributed by atoms with Gasteiger partial charge in [-0.15, -0.1) is 0 Å². The van der Waals surface area contributed by atoms with Gasteiger partial charge in [-0.1, -0.05) is 5.16 Å². The van der Waals surface area contributed by atoms with Crippen LogP contribution in [0.1, 0.15) is 29.1 Å². The van der Waals surface area contributed by atoms with Crippen molar-refractivity contribution in [2.75, 3.05) is 18.5 Å². The second kappa shape index (κ2) is 6.62. The summed E-state index contributed by atoms with van der Waals surface area (Å²) in [6.45, 7) is 3.14. The normalized spacial score (nSPS) is 17.4. The number of hydrogen-bond acceptors (Lipinski definition) is 5. The zero-order chi connectivity index (χ0) is 15.4. The van der Waals surface area contributed by atoms with Gasteiger partial charge in [0.15, 0.2) is 0 Å². The molecule has 22 heavy (non-hydrogen) atoms. The Kier molecular flexibility index (Phi) is 4.39. The average molecular weight is 302 g/mol. The molecule has 1 aliphatic heterocycles. The first-order valence-corrected chi connectivity index (χ1v) is 7.30. The number of nitrogens with zero attached hydrogens (tertiary/aromatic N) is 1. The van der Waals surface area contributed by atoms with Crippen molar-refractivity contribution >= 4 is 11.6 Å². The number of carbonyl (C=O) groups excluding carboxylic acids is 1. The molecule has 1 amide bonds. The highest BCUT2D eigenvalue weighted by Gasteiger charge is 2.16. The zero-order valence-corrected chi connectivity index (χ0v) is 12.4. The fraction of sp³-hybridized carbons (Fsp3) is 0.375.